The normalized spacial score (nSPS) is 22.8. The number of nitrogens with zero attached hydrogens (tertiary/aromatic N) is 2. The lowest BCUT2D eigenvalue weighted by molar-refractivity contribution is -0.138. The van der Waals surface area contributed by atoms with Gasteiger partial charge in [0.05, 0.1) is 19.3 Å². The molecule has 150 valence electrons. The Morgan fingerprint density at radius 1 is 1.35 bits per heavy atom. The number of hydrogen-bond donors (Lipinski definition) is 2. The fourth-order valence-electron chi connectivity index (χ4n) is 4.48. The van der Waals surface area contributed by atoms with E-state index < -0.39 is 5.97 Å². The zero-order chi connectivity index (χ0) is 19.2. The molecule has 1 unspecified atom stereocenters. The lowest BCUT2D eigenvalue weighted by Crippen LogP contribution is -2.53. The Balaban J connectivity index is 1.81. The maximum absolute atomic E-state index is 12.6. The van der Waals surface area contributed by atoms with Crippen LogP contribution >= 0.6 is 0 Å². The van der Waals surface area contributed by atoms with Crippen LogP contribution in [0.2, 0.25) is 0 Å². The third-order valence-corrected chi connectivity index (χ3v) is 5.47. The summed E-state index contributed by atoms with van der Waals surface area (Å²) in [4.78, 5) is 26.9. The van der Waals surface area contributed by atoms with Crippen molar-refractivity contribution in [2.75, 3.05) is 46.4 Å². The monoisotopic (exact) mass is 369 g/mol. The van der Waals surface area contributed by atoms with Crippen molar-refractivity contribution in [2.45, 2.75) is 52.1 Å². The number of morpholine rings is 1. The highest BCUT2D eigenvalue weighted by atomic mass is 16.5. The number of amides is 2. The van der Waals surface area contributed by atoms with Gasteiger partial charge < -0.3 is 20.1 Å². The number of hydrogen-bond acceptors (Lipinski definition) is 4. The van der Waals surface area contributed by atoms with E-state index in [9.17, 15) is 9.59 Å². The second-order valence-electron chi connectivity index (χ2n) is 8.49. The fourth-order valence-corrected chi connectivity index (χ4v) is 4.48. The van der Waals surface area contributed by atoms with Crippen LogP contribution in [0.15, 0.2) is 0 Å². The molecular weight excluding hydrogens is 334 g/mol. The Hall–Kier alpha value is -1.34. The predicted molar refractivity (Wildman–Crippen MR) is 100 cm³/mol. The summed E-state index contributed by atoms with van der Waals surface area (Å²) in [6, 6.07) is -0.0192. The Morgan fingerprint density at radius 2 is 2.04 bits per heavy atom. The number of aliphatic carboxylic acids is 1. The Morgan fingerprint density at radius 3 is 2.65 bits per heavy atom. The van der Waals surface area contributed by atoms with Crippen LogP contribution in [0, 0.1) is 11.3 Å². The van der Waals surface area contributed by atoms with Crippen LogP contribution in [-0.4, -0.2) is 79.4 Å². The van der Waals surface area contributed by atoms with Gasteiger partial charge in [0.25, 0.3) is 0 Å². The topological polar surface area (TPSA) is 82.1 Å². The predicted octanol–water partition coefficient (Wildman–Crippen LogP) is 2.02. The number of urea groups is 1. The van der Waals surface area contributed by atoms with E-state index in [1.165, 1.54) is 32.1 Å². The fraction of sp³-hybridized carbons (Fsp3) is 0.895. The zero-order valence-corrected chi connectivity index (χ0v) is 16.5. The molecule has 1 aliphatic heterocycles. The highest BCUT2D eigenvalue weighted by Gasteiger charge is 2.35. The summed E-state index contributed by atoms with van der Waals surface area (Å²) in [6.07, 6.45) is 5.96. The van der Waals surface area contributed by atoms with E-state index in [4.69, 9.17) is 9.84 Å². The van der Waals surface area contributed by atoms with Gasteiger partial charge in [0.1, 0.15) is 0 Å². The molecule has 0 spiro atoms. The van der Waals surface area contributed by atoms with Gasteiger partial charge in [-0.1, -0.05) is 26.7 Å². The van der Waals surface area contributed by atoms with Crippen LogP contribution in [0.5, 0.6) is 0 Å². The lowest BCUT2D eigenvalue weighted by Gasteiger charge is -2.36. The van der Waals surface area contributed by atoms with E-state index >= 15 is 0 Å². The third kappa shape index (κ3) is 6.43. The van der Waals surface area contributed by atoms with Gasteiger partial charge in [0, 0.05) is 26.2 Å². The van der Waals surface area contributed by atoms with Gasteiger partial charge in [-0.25, -0.2) is 4.79 Å². The summed E-state index contributed by atoms with van der Waals surface area (Å²) in [7, 11) is 1.76. The van der Waals surface area contributed by atoms with E-state index in [2.05, 4.69) is 19.2 Å². The minimum absolute atomic E-state index is 0.0192. The van der Waals surface area contributed by atoms with Gasteiger partial charge in [0.15, 0.2) is 0 Å². The number of carboxylic acid groups (broad SMARTS) is 1. The average molecular weight is 370 g/mol. The quantitative estimate of drug-likeness (QED) is 0.684. The lowest BCUT2D eigenvalue weighted by atomic mass is 9.78. The molecule has 0 aromatic heterocycles. The van der Waals surface area contributed by atoms with Gasteiger partial charge in [-0.15, -0.1) is 0 Å². The first-order chi connectivity index (χ1) is 12.3. The minimum atomic E-state index is -0.857. The van der Waals surface area contributed by atoms with Crippen molar-refractivity contribution in [3.63, 3.8) is 0 Å². The molecule has 1 atom stereocenters. The molecule has 0 radical (unpaired) electrons. The molecule has 1 saturated heterocycles. The largest absolute Gasteiger partial charge is 0.480 e. The van der Waals surface area contributed by atoms with E-state index in [0.29, 0.717) is 32.2 Å². The van der Waals surface area contributed by atoms with Crippen LogP contribution in [0.3, 0.4) is 0 Å². The summed E-state index contributed by atoms with van der Waals surface area (Å²) in [5, 5.41) is 12.0. The number of carbonyl (C=O) groups is 2. The summed E-state index contributed by atoms with van der Waals surface area (Å²) in [5.41, 5.74) is 0.261. The molecule has 2 fully saturated rings. The molecule has 0 aromatic rings. The Bertz CT molecular complexity index is 477. The molecule has 7 heteroatoms. The summed E-state index contributed by atoms with van der Waals surface area (Å²) >= 11 is 0. The first-order valence-corrected chi connectivity index (χ1v) is 9.84. The Labute approximate surface area is 157 Å². The van der Waals surface area contributed by atoms with Gasteiger partial charge in [-0.2, -0.15) is 0 Å². The molecular formula is C19H35N3O4. The molecule has 1 heterocycles. The smallest absolute Gasteiger partial charge is 0.317 e. The van der Waals surface area contributed by atoms with E-state index in [0.717, 1.165) is 6.54 Å². The first kappa shape index (κ1) is 21.0. The molecule has 1 aliphatic carbocycles. The van der Waals surface area contributed by atoms with E-state index in [1.807, 2.05) is 0 Å². The Kier molecular flexibility index (Phi) is 7.70. The first-order valence-electron chi connectivity index (χ1n) is 9.84. The standard InChI is InChI=1S/C19H35N3O4/c1-15(2)10-19(6-4-5-7-19)14-20-18(25)22-8-9-26-16(12-22)11-21(3)13-17(23)24/h15-16H,4-14H2,1-3H3,(H,20,25)(H,23,24). The number of rotatable bonds is 8. The molecule has 7 nitrogen and oxygen atoms in total. The highest BCUT2D eigenvalue weighted by Crippen LogP contribution is 2.42. The SMILES string of the molecule is CC(C)CC1(CNC(=O)N2CCOC(CN(C)CC(=O)O)C2)CCCC1. The van der Waals surface area contributed by atoms with Crippen molar-refractivity contribution >= 4 is 12.0 Å². The maximum Gasteiger partial charge on any atom is 0.317 e. The van der Waals surface area contributed by atoms with Crippen LogP contribution in [0.25, 0.3) is 0 Å². The van der Waals surface area contributed by atoms with Crippen molar-refractivity contribution in [1.29, 1.82) is 0 Å². The second-order valence-corrected chi connectivity index (χ2v) is 8.49. The van der Waals surface area contributed by atoms with Gasteiger partial charge in [0.2, 0.25) is 0 Å². The molecule has 2 rings (SSSR count). The minimum Gasteiger partial charge on any atom is -0.480 e. The maximum atomic E-state index is 12.6. The van der Waals surface area contributed by atoms with Crippen LogP contribution in [-0.2, 0) is 9.53 Å². The van der Waals surface area contributed by atoms with Crippen molar-refractivity contribution in [2.24, 2.45) is 11.3 Å². The molecule has 0 aromatic carbocycles. The van der Waals surface area contributed by atoms with Gasteiger partial charge in [-0.05, 0) is 37.6 Å². The van der Waals surface area contributed by atoms with E-state index in [-0.39, 0.29) is 24.1 Å². The molecule has 26 heavy (non-hydrogen) atoms. The zero-order valence-electron chi connectivity index (χ0n) is 16.5. The number of likely N-dealkylation sites (N-methyl/N-ethyl adjacent to an activating group) is 1. The van der Waals surface area contributed by atoms with Gasteiger partial charge >= 0.3 is 12.0 Å². The summed E-state index contributed by atoms with van der Waals surface area (Å²) in [5.74, 6) is -0.215. The van der Waals surface area contributed by atoms with Gasteiger partial charge in [-0.3, -0.25) is 9.69 Å². The number of carbonyl (C=O) groups excluding carboxylic acids is 1. The molecule has 2 N–H and O–H groups in total. The second kappa shape index (κ2) is 9.55. The molecule has 1 saturated carbocycles. The van der Waals surface area contributed by atoms with Crippen LogP contribution in [0.1, 0.15) is 46.0 Å². The molecule has 2 aliphatic rings. The average Bonchev–Trinajstić information content (AvgIpc) is 3.00. The number of ether oxygens (including phenoxy) is 1. The van der Waals surface area contributed by atoms with Crippen molar-refractivity contribution in [3.8, 4) is 0 Å². The summed E-state index contributed by atoms with van der Waals surface area (Å²) in [6.45, 7) is 7.33. The number of carboxylic acids is 1. The van der Waals surface area contributed by atoms with Crippen LogP contribution < -0.4 is 5.32 Å². The highest BCUT2D eigenvalue weighted by molar-refractivity contribution is 5.74. The third-order valence-electron chi connectivity index (χ3n) is 5.47. The molecule has 0 bridgehead atoms. The molecule has 2 amide bonds. The van der Waals surface area contributed by atoms with E-state index in [1.54, 1.807) is 16.8 Å². The van der Waals surface area contributed by atoms with Crippen LogP contribution in [0.4, 0.5) is 4.79 Å². The number of nitrogens with one attached hydrogen (secondary N) is 1. The van der Waals surface area contributed by atoms with Crippen molar-refractivity contribution in [1.82, 2.24) is 15.1 Å². The van der Waals surface area contributed by atoms with Crippen molar-refractivity contribution in [3.05, 3.63) is 0 Å². The van der Waals surface area contributed by atoms with Crippen molar-refractivity contribution < 1.29 is 19.4 Å². The summed E-state index contributed by atoms with van der Waals surface area (Å²) < 4.78 is 5.70.